The first kappa shape index (κ1) is 18.0. The maximum atomic E-state index is 13.4. The van der Waals surface area contributed by atoms with Crippen molar-refractivity contribution < 1.29 is 27.9 Å². The van der Waals surface area contributed by atoms with Gasteiger partial charge in [-0.1, -0.05) is 18.2 Å². The van der Waals surface area contributed by atoms with E-state index in [0.717, 1.165) is 18.2 Å². The number of aliphatic carboxylic acids is 1. The summed E-state index contributed by atoms with van der Waals surface area (Å²) in [5, 5.41) is 11.8. The average Bonchev–Trinajstić information content (AvgIpc) is 3.38. The van der Waals surface area contributed by atoms with Gasteiger partial charge in [-0.05, 0) is 54.2 Å². The number of benzene rings is 2. The molecule has 2 aromatic rings. The zero-order chi connectivity index (χ0) is 19.0. The van der Waals surface area contributed by atoms with E-state index in [9.17, 15) is 27.9 Å². The van der Waals surface area contributed by atoms with Crippen LogP contribution in [-0.2, 0) is 9.59 Å². The Morgan fingerprint density at radius 2 is 1.77 bits per heavy atom. The number of aryl methyl sites for hydroxylation is 1. The molecule has 0 saturated heterocycles. The summed E-state index contributed by atoms with van der Waals surface area (Å²) in [5.74, 6) is -4.97. The van der Waals surface area contributed by atoms with Crippen molar-refractivity contribution >= 4 is 11.9 Å². The molecule has 2 aromatic carbocycles. The normalized spacial score (nSPS) is 19.7. The number of hydrogen-bond acceptors (Lipinski definition) is 2. The molecule has 3 rings (SSSR count). The summed E-state index contributed by atoms with van der Waals surface area (Å²) < 4.78 is 39.7. The Labute approximate surface area is 147 Å². The lowest BCUT2D eigenvalue weighted by Crippen LogP contribution is -2.35. The van der Waals surface area contributed by atoms with Gasteiger partial charge >= 0.3 is 5.97 Å². The third kappa shape index (κ3) is 3.56. The summed E-state index contributed by atoms with van der Waals surface area (Å²) >= 11 is 0. The molecule has 1 aliphatic carbocycles. The van der Waals surface area contributed by atoms with Crippen LogP contribution in [0.1, 0.15) is 35.1 Å². The van der Waals surface area contributed by atoms with Crippen molar-refractivity contribution in [1.82, 2.24) is 5.32 Å². The van der Waals surface area contributed by atoms with E-state index in [2.05, 4.69) is 5.32 Å². The first-order chi connectivity index (χ1) is 12.3. The van der Waals surface area contributed by atoms with Crippen molar-refractivity contribution in [2.45, 2.75) is 25.3 Å². The summed E-state index contributed by atoms with van der Waals surface area (Å²) in [6.07, 6.45) is 0.422. The van der Waals surface area contributed by atoms with Gasteiger partial charge in [-0.3, -0.25) is 4.79 Å². The van der Waals surface area contributed by atoms with E-state index in [0.29, 0.717) is 12.0 Å². The lowest BCUT2D eigenvalue weighted by Gasteiger charge is -2.16. The third-order valence-corrected chi connectivity index (χ3v) is 4.55. The number of amides is 1. The van der Waals surface area contributed by atoms with E-state index >= 15 is 0 Å². The summed E-state index contributed by atoms with van der Waals surface area (Å²) in [6.45, 7) is 1.50. The van der Waals surface area contributed by atoms with Crippen LogP contribution < -0.4 is 5.32 Å². The molecule has 1 amide bonds. The molecule has 4 nitrogen and oxygen atoms in total. The van der Waals surface area contributed by atoms with Gasteiger partial charge in [0.2, 0.25) is 5.91 Å². The second-order valence-electron chi connectivity index (χ2n) is 6.41. The number of hydrogen-bond donors (Lipinski definition) is 2. The van der Waals surface area contributed by atoms with Crippen molar-refractivity contribution in [2.24, 2.45) is 5.92 Å². The molecule has 1 fully saturated rings. The van der Waals surface area contributed by atoms with Gasteiger partial charge in [0.1, 0.15) is 5.82 Å². The Bertz CT molecular complexity index is 884. The maximum absolute atomic E-state index is 13.4. The molecule has 136 valence electrons. The highest BCUT2D eigenvalue weighted by Gasteiger charge is 2.45. The number of halogens is 3. The summed E-state index contributed by atoms with van der Waals surface area (Å²) in [6, 6.07) is 5.97. The van der Waals surface area contributed by atoms with Crippen LogP contribution in [-0.4, -0.2) is 17.0 Å². The highest BCUT2D eigenvalue weighted by atomic mass is 19.2. The van der Waals surface area contributed by atoms with Crippen LogP contribution >= 0.6 is 0 Å². The maximum Gasteiger partial charge on any atom is 0.330 e. The molecule has 1 saturated carbocycles. The average molecular weight is 363 g/mol. The van der Waals surface area contributed by atoms with Gasteiger partial charge < -0.3 is 10.4 Å². The molecular formula is C19H16F3NO3. The predicted octanol–water partition coefficient (Wildman–Crippen LogP) is 3.46. The van der Waals surface area contributed by atoms with Crippen LogP contribution in [0.15, 0.2) is 36.4 Å². The molecule has 0 bridgehead atoms. The van der Waals surface area contributed by atoms with Crippen LogP contribution in [0.2, 0.25) is 0 Å². The van der Waals surface area contributed by atoms with Crippen LogP contribution in [0.3, 0.4) is 0 Å². The second kappa shape index (κ2) is 6.82. The molecule has 0 spiro atoms. The Hall–Kier alpha value is -2.83. The van der Waals surface area contributed by atoms with Gasteiger partial charge in [-0.2, -0.15) is 0 Å². The molecule has 7 heteroatoms. The fraction of sp³-hybridized carbons (Fsp3) is 0.263. The first-order valence-corrected chi connectivity index (χ1v) is 8.02. The van der Waals surface area contributed by atoms with Crippen molar-refractivity contribution in [1.29, 1.82) is 0 Å². The molecule has 1 aliphatic rings. The van der Waals surface area contributed by atoms with Crippen molar-refractivity contribution in [3.8, 4) is 0 Å². The van der Waals surface area contributed by atoms with Gasteiger partial charge in [0.25, 0.3) is 0 Å². The third-order valence-electron chi connectivity index (χ3n) is 4.55. The van der Waals surface area contributed by atoms with Crippen LogP contribution in [0.4, 0.5) is 13.2 Å². The van der Waals surface area contributed by atoms with E-state index in [1.807, 2.05) is 0 Å². The smallest absolute Gasteiger partial charge is 0.330 e. The van der Waals surface area contributed by atoms with E-state index in [1.165, 1.54) is 25.1 Å². The van der Waals surface area contributed by atoms with E-state index in [-0.39, 0.29) is 17.0 Å². The molecule has 26 heavy (non-hydrogen) atoms. The first-order valence-electron chi connectivity index (χ1n) is 8.02. The summed E-state index contributed by atoms with van der Waals surface area (Å²) in [5.41, 5.74) is 1.03. The minimum absolute atomic E-state index is 0.259. The Morgan fingerprint density at radius 3 is 2.38 bits per heavy atom. The molecule has 0 radical (unpaired) electrons. The summed E-state index contributed by atoms with van der Waals surface area (Å²) in [7, 11) is 0. The predicted molar refractivity (Wildman–Crippen MR) is 86.9 cm³/mol. The summed E-state index contributed by atoms with van der Waals surface area (Å²) in [4.78, 5) is 23.9. The molecule has 0 aromatic heterocycles. The highest BCUT2D eigenvalue weighted by molar-refractivity contribution is 5.88. The number of nitrogens with one attached hydrogen (secondary N) is 1. The largest absolute Gasteiger partial charge is 0.479 e. The molecule has 3 atom stereocenters. The SMILES string of the molecule is Cc1cc(C(NC(=O)C2CC2c2ccc(F)c(F)c2)C(=O)O)ccc1F. The molecule has 2 N–H and O–H groups in total. The lowest BCUT2D eigenvalue weighted by molar-refractivity contribution is -0.142. The minimum Gasteiger partial charge on any atom is -0.479 e. The van der Waals surface area contributed by atoms with Gasteiger partial charge in [0.15, 0.2) is 17.7 Å². The monoisotopic (exact) mass is 363 g/mol. The molecule has 3 unspecified atom stereocenters. The number of rotatable bonds is 5. The number of carbonyl (C=O) groups excluding carboxylic acids is 1. The quantitative estimate of drug-likeness (QED) is 0.855. The fourth-order valence-electron chi connectivity index (χ4n) is 2.98. The van der Waals surface area contributed by atoms with Gasteiger partial charge in [0, 0.05) is 5.92 Å². The second-order valence-corrected chi connectivity index (χ2v) is 6.41. The topological polar surface area (TPSA) is 66.4 Å². The zero-order valence-corrected chi connectivity index (χ0v) is 13.8. The van der Waals surface area contributed by atoms with Gasteiger partial charge in [0.05, 0.1) is 0 Å². The fourth-order valence-corrected chi connectivity index (χ4v) is 2.98. The van der Waals surface area contributed by atoms with Crippen molar-refractivity contribution in [3.05, 3.63) is 70.5 Å². The Balaban J connectivity index is 1.72. The van der Waals surface area contributed by atoms with E-state index in [1.54, 1.807) is 0 Å². The number of carbonyl (C=O) groups is 2. The Morgan fingerprint density at radius 1 is 1.08 bits per heavy atom. The number of carboxylic acid groups (broad SMARTS) is 1. The van der Waals surface area contributed by atoms with Crippen molar-refractivity contribution in [3.63, 3.8) is 0 Å². The van der Waals surface area contributed by atoms with Gasteiger partial charge in [-0.15, -0.1) is 0 Å². The molecule has 0 heterocycles. The minimum atomic E-state index is -1.31. The van der Waals surface area contributed by atoms with Crippen LogP contribution in [0.25, 0.3) is 0 Å². The molecule has 0 aliphatic heterocycles. The number of carboxylic acids is 1. The standard InChI is InChI=1S/C19H16F3NO3/c1-9-6-11(3-4-14(9)20)17(19(25)26)23-18(24)13-8-12(13)10-2-5-15(21)16(22)7-10/h2-7,12-13,17H,8H2,1H3,(H,23,24)(H,25,26). The molecular weight excluding hydrogens is 347 g/mol. The Kier molecular flexibility index (Phi) is 4.71. The van der Waals surface area contributed by atoms with E-state index in [4.69, 9.17) is 0 Å². The lowest BCUT2D eigenvalue weighted by atomic mass is 10.0. The van der Waals surface area contributed by atoms with Crippen molar-refractivity contribution in [2.75, 3.05) is 0 Å². The zero-order valence-electron chi connectivity index (χ0n) is 13.8. The van der Waals surface area contributed by atoms with E-state index < -0.39 is 41.3 Å². The van der Waals surface area contributed by atoms with Gasteiger partial charge in [-0.25, -0.2) is 18.0 Å². The van der Waals surface area contributed by atoms with Crippen LogP contribution in [0.5, 0.6) is 0 Å². The highest BCUT2D eigenvalue weighted by Crippen LogP contribution is 2.48. The van der Waals surface area contributed by atoms with Crippen LogP contribution in [0, 0.1) is 30.3 Å².